The van der Waals surface area contributed by atoms with Crippen molar-refractivity contribution in [3.05, 3.63) is 53.4 Å². The Hall–Kier alpha value is -2.11. The van der Waals surface area contributed by atoms with E-state index in [0.29, 0.717) is 12.1 Å². The van der Waals surface area contributed by atoms with Gasteiger partial charge in [-0.15, -0.1) is 0 Å². The fraction of sp³-hybridized carbons (Fsp3) is 0.231. The molecule has 0 amide bonds. The number of ketones is 1. The number of hydrogen-bond acceptors (Lipinski definition) is 2. The van der Waals surface area contributed by atoms with Gasteiger partial charge in [-0.25, -0.2) is 18.2 Å². The Morgan fingerprint density at radius 1 is 1.26 bits per heavy atom. The summed E-state index contributed by atoms with van der Waals surface area (Å²) in [7, 11) is 0. The average molecular weight is 268 g/mol. The second-order valence-corrected chi connectivity index (χ2v) is 4.08. The van der Waals surface area contributed by atoms with E-state index in [0.717, 1.165) is 12.1 Å². The summed E-state index contributed by atoms with van der Waals surface area (Å²) in [6.07, 6.45) is 3.21. The van der Waals surface area contributed by atoms with Gasteiger partial charge in [-0.2, -0.15) is 0 Å². The Morgan fingerprint density at radius 2 is 1.89 bits per heavy atom. The molecule has 100 valence electrons. The highest BCUT2D eigenvalue weighted by Crippen LogP contribution is 2.14. The molecule has 0 aliphatic heterocycles. The number of carbonyl (C=O) groups is 1. The van der Waals surface area contributed by atoms with Crippen LogP contribution in [-0.4, -0.2) is 15.3 Å². The van der Waals surface area contributed by atoms with Gasteiger partial charge in [0.25, 0.3) is 0 Å². The maximum Gasteiger partial charge on any atom is 0.194 e. The van der Waals surface area contributed by atoms with Crippen LogP contribution in [0.1, 0.15) is 29.4 Å². The number of aromatic nitrogens is 2. The number of hydrogen-bond donors (Lipinski definition) is 0. The molecule has 6 heteroatoms. The number of halogens is 3. The van der Waals surface area contributed by atoms with E-state index < -0.39 is 17.5 Å². The summed E-state index contributed by atoms with van der Waals surface area (Å²) in [5.41, 5.74) is 0.551. The molecule has 3 nitrogen and oxygen atoms in total. The maximum absolute atomic E-state index is 13.0. The van der Waals surface area contributed by atoms with Gasteiger partial charge in [0.05, 0.1) is 6.33 Å². The SMILES string of the molecule is CCC(=O)c1cn(Cc2cc(F)c(F)c(F)c2)cn1. The number of imidazole rings is 1. The summed E-state index contributed by atoms with van der Waals surface area (Å²) < 4.78 is 40.4. The van der Waals surface area contributed by atoms with E-state index >= 15 is 0 Å². The highest BCUT2D eigenvalue weighted by atomic mass is 19.2. The van der Waals surface area contributed by atoms with Crippen LogP contribution >= 0.6 is 0 Å². The molecule has 0 bridgehead atoms. The lowest BCUT2D eigenvalue weighted by atomic mass is 10.2. The fourth-order valence-corrected chi connectivity index (χ4v) is 1.68. The predicted molar refractivity (Wildman–Crippen MR) is 62.3 cm³/mol. The topological polar surface area (TPSA) is 34.9 Å². The zero-order chi connectivity index (χ0) is 14.0. The van der Waals surface area contributed by atoms with Crippen LogP contribution in [0, 0.1) is 17.5 Å². The number of carbonyl (C=O) groups excluding carboxylic acids is 1. The van der Waals surface area contributed by atoms with Crippen LogP contribution in [0.2, 0.25) is 0 Å². The number of benzene rings is 1. The van der Waals surface area contributed by atoms with E-state index in [1.807, 2.05) is 0 Å². The summed E-state index contributed by atoms with van der Waals surface area (Å²) >= 11 is 0. The van der Waals surface area contributed by atoms with Gasteiger partial charge in [0, 0.05) is 19.2 Å². The van der Waals surface area contributed by atoms with Crippen molar-refractivity contribution in [3.8, 4) is 0 Å². The van der Waals surface area contributed by atoms with Crippen molar-refractivity contribution in [2.75, 3.05) is 0 Å². The molecule has 0 saturated carbocycles. The highest BCUT2D eigenvalue weighted by Gasteiger charge is 2.12. The van der Waals surface area contributed by atoms with E-state index in [9.17, 15) is 18.0 Å². The minimum Gasteiger partial charge on any atom is -0.332 e. The summed E-state index contributed by atoms with van der Waals surface area (Å²) in [6.45, 7) is 1.82. The molecule has 1 aromatic heterocycles. The van der Waals surface area contributed by atoms with E-state index in [1.165, 1.54) is 17.1 Å². The maximum atomic E-state index is 13.0. The molecule has 0 radical (unpaired) electrons. The lowest BCUT2D eigenvalue weighted by Crippen LogP contribution is -2.01. The summed E-state index contributed by atoms with van der Waals surface area (Å²) in [4.78, 5) is 15.3. The Labute approximate surface area is 107 Å². The van der Waals surface area contributed by atoms with E-state index in [-0.39, 0.29) is 17.9 Å². The van der Waals surface area contributed by atoms with Crippen molar-refractivity contribution in [3.63, 3.8) is 0 Å². The molecule has 1 heterocycles. The molecule has 1 aromatic carbocycles. The van der Waals surface area contributed by atoms with Crippen LogP contribution in [0.25, 0.3) is 0 Å². The molecule has 0 N–H and O–H groups in total. The molecule has 2 aromatic rings. The molecule has 19 heavy (non-hydrogen) atoms. The van der Waals surface area contributed by atoms with Gasteiger partial charge in [0.2, 0.25) is 0 Å². The van der Waals surface area contributed by atoms with Gasteiger partial charge in [0.15, 0.2) is 23.2 Å². The van der Waals surface area contributed by atoms with Gasteiger partial charge in [-0.1, -0.05) is 6.92 Å². The average Bonchev–Trinajstić information content (AvgIpc) is 2.83. The first kappa shape index (κ1) is 13.3. The predicted octanol–water partition coefficient (Wildman–Crippen LogP) is 2.94. The van der Waals surface area contributed by atoms with Gasteiger partial charge in [-0.3, -0.25) is 4.79 Å². The molecular formula is C13H11F3N2O. The van der Waals surface area contributed by atoms with Gasteiger partial charge < -0.3 is 4.57 Å². The van der Waals surface area contributed by atoms with Gasteiger partial charge in [0.1, 0.15) is 5.69 Å². The Bertz CT molecular complexity index is 599. The lowest BCUT2D eigenvalue weighted by molar-refractivity contribution is 0.0983. The lowest BCUT2D eigenvalue weighted by Gasteiger charge is -2.04. The van der Waals surface area contributed by atoms with E-state index in [2.05, 4.69) is 4.98 Å². The van der Waals surface area contributed by atoms with Crippen LogP contribution in [0.5, 0.6) is 0 Å². The Balaban J connectivity index is 2.22. The Morgan fingerprint density at radius 3 is 2.47 bits per heavy atom. The van der Waals surface area contributed by atoms with Gasteiger partial charge in [-0.05, 0) is 17.7 Å². The fourth-order valence-electron chi connectivity index (χ4n) is 1.68. The number of Topliss-reactive ketones (excluding diaryl/α,β-unsaturated/α-hetero) is 1. The molecule has 0 saturated heterocycles. The number of rotatable bonds is 4. The molecular weight excluding hydrogens is 257 g/mol. The molecule has 2 rings (SSSR count). The normalized spacial score (nSPS) is 10.7. The minimum absolute atomic E-state index is 0.109. The van der Waals surface area contributed by atoms with E-state index in [1.54, 1.807) is 6.92 Å². The van der Waals surface area contributed by atoms with Crippen LogP contribution in [0.15, 0.2) is 24.7 Å². The van der Waals surface area contributed by atoms with Crippen LogP contribution in [-0.2, 0) is 6.54 Å². The molecule has 0 spiro atoms. The largest absolute Gasteiger partial charge is 0.332 e. The molecule has 0 aliphatic carbocycles. The van der Waals surface area contributed by atoms with E-state index in [4.69, 9.17) is 0 Å². The summed E-state index contributed by atoms with van der Waals surface area (Å²) in [5, 5.41) is 0. The first-order chi connectivity index (χ1) is 9.01. The second-order valence-electron chi connectivity index (χ2n) is 4.08. The quantitative estimate of drug-likeness (QED) is 0.631. The summed E-state index contributed by atoms with van der Waals surface area (Å²) in [6, 6.07) is 1.83. The van der Waals surface area contributed by atoms with Crippen molar-refractivity contribution >= 4 is 5.78 Å². The second kappa shape index (κ2) is 5.26. The highest BCUT2D eigenvalue weighted by molar-refractivity contribution is 5.93. The Kier molecular flexibility index (Phi) is 3.69. The zero-order valence-corrected chi connectivity index (χ0v) is 10.2. The van der Waals surface area contributed by atoms with Crippen molar-refractivity contribution in [2.45, 2.75) is 19.9 Å². The van der Waals surface area contributed by atoms with Crippen LogP contribution < -0.4 is 0 Å². The van der Waals surface area contributed by atoms with Crippen molar-refractivity contribution in [2.24, 2.45) is 0 Å². The third-order valence-corrected chi connectivity index (χ3v) is 2.65. The summed E-state index contributed by atoms with van der Waals surface area (Å²) in [5.74, 6) is -4.08. The zero-order valence-electron chi connectivity index (χ0n) is 10.2. The standard InChI is InChI=1S/C13H11F3N2O/c1-2-12(19)11-6-18(7-17-11)5-8-3-9(14)13(16)10(15)4-8/h3-4,6-7H,2,5H2,1H3. The first-order valence-corrected chi connectivity index (χ1v) is 5.69. The van der Waals surface area contributed by atoms with Crippen molar-refractivity contribution in [1.29, 1.82) is 0 Å². The number of nitrogens with zero attached hydrogens (tertiary/aromatic N) is 2. The van der Waals surface area contributed by atoms with Crippen LogP contribution in [0.4, 0.5) is 13.2 Å². The first-order valence-electron chi connectivity index (χ1n) is 5.69. The third-order valence-electron chi connectivity index (χ3n) is 2.65. The van der Waals surface area contributed by atoms with Crippen molar-refractivity contribution in [1.82, 2.24) is 9.55 Å². The minimum atomic E-state index is -1.49. The molecule has 0 aliphatic rings. The van der Waals surface area contributed by atoms with Crippen LogP contribution in [0.3, 0.4) is 0 Å². The smallest absolute Gasteiger partial charge is 0.194 e. The molecule has 0 unspecified atom stereocenters. The third kappa shape index (κ3) is 2.83. The molecule has 0 fully saturated rings. The van der Waals surface area contributed by atoms with Crippen molar-refractivity contribution < 1.29 is 18.0 Å². The molecule has 0 atom stereocenters. The van der Waals surface area contributed by atoms with Gasteiger partial charge >= 0.3 is 0 Å². The monoisotopic (exact) mass is 268 g/mol.